The van der Waals surface area contributed by atoms with Crippen molar-refractivity contribution >= 4 is 15.8 Å². The molecule has 18 heavy (non-hydrogen) atoms. The van der Waals surface area contributed by atoms with Gasteiger partial charge in [0.05, 0.1) is 17.1 Å². The number of nitrogens with one attached hydrogen (secondary N) is 1. The van der Waals surface area contributed by atoms with Crippen molar-refractivity contribution < 1.29 is 8.42 Å². The molecule has 1 atom stereocenters. The quantitative estimate of drug-likeness (QED) is 0.826. The minimum Gasteiger partial charge on any atom is -0.349 e. The third-order valence-electron chi connectivity index (χ3n) is 2.44. The summed E-state index contributed by atoms with van der Waals surface area (Å²) in [6.07, 6.45) is 2.79. The van der Waals surface area contributed by atoms with E-state index in [-0.39, 0.29) is 11.8 Å². The van der Waals surface area contributed by atoms with Gasteiger partial charge in [-0.3, -0.25) is 0 Å². The second-order valence-electron chi connectivity index (χ2n) is 4.37. The smallest absolute Gasteiger partial charge is 0.243 e. The van der Waals surface area contributed by atoms with Crippen LogP contribution in [0.2, 0.25) is 0 Å². The Balaban J connectivity index is 2.79. The van der Waals surface area contributed by atoms with Crippen LogP contribution in [0.3, 0.4) is 0 Å². The van der Waals surface area contributed by atoms with Crippen molar-refractivity contribution in [3.8, 4) is 0 Å². The van der Waals surface area contributed by atoms with Gasteiger partial charge < -0.3 is 5.32 Å². The first-order chi connectivity index (χ1) is 8.35. The van der Waals surface area contributed by atoms with Gasteiger partial charge in [0.2, 0.25) is 5.95 Å². The number of hydrogen-bond acceptors (Lipinski definition) is 6. The Kier molecular flexibility index (Phi) is 5.01. The Morgan fingerprint density at radius 1 is 1.17 bits per heavy atom. The highest BCUT2D eigenvalue weighted by Crippen LogP contribution is 2.08. The molecule has 0 saturated carbocycles. The zero-order chi connectivity index (χ0) is 13.8. The molecule has 0 spiro atoms. The van der Waals surface area contributed by atoms with Gasteiger partial charge in [-0.2, -0.15) is 5.10 Å². The lowest BCUT2D eigenvalue weighted by Crippen LogP contribution is -2.26. The number of nitrogens with zero attached hydrogens (tertiary/aromatic N) is 3. The molecule has 0 aromatic carbocycles. The zero-order valence-electron chi connectivity index (χ0n) is 11.3. The van der Waals surface area contributed by atoms with Crippen molar-refractivity contribution in [3.63, 3.8) is 0 Å². The van der Waals surface area contributed by atoms with E-state index in [4.69, 9.17) is 0 Å². The Hall–Kier alpha value is -1.24. The number of hydrogen-bond donors (Lipinski definition) is 1. The molecule has 1 N–H and O–H groups in total. The SMILES string of the molecule is CCc1nnc(NC(C)CS(C)(=O)=O)nc1CC. The molecular formula is C11H20N4O2S. The van der Waals surface area contributed by atoms with Crippen LogP contribution in [0.15, 0.2) is 0 Å². The van der Waals surface area contributed by atoms with E-state index < -0.39 is 9.84 Å². The van der Waals surface area contributed by atoms with Gasteiger partial charge in [-0.05, 0) is 19.8 Å². The second kappa shape index (κ2) is 6.08. The van der Waals surface area contributed by atoms with Gasteiger partial charge in [-0.1, -0.05) is 13.8 Å². The lowest BCUT2D eigenvalue weighted by atomic mass is 10.2. The monoisotopic (exact) mass is 272 g/mol. The van der Waals surface area contributed by atoms with Crippen LogP contribution >= 0.6 is 0 Å². The van der Waals surface area contributed by atoms with Gasteiger partial charge in [0, 0.05) is 12.3 Å². The van der Waals surface area contributed by atoms with E-state index in [9.17, 15) is 8.42 Å². The largest absolute Gasteiger partial charge is 0.349 e. The maximum atomic E-state index is 11.2. The summed E-state index contributed by atoms with van der Waals surface area (Å²) in [5.41, 5.74) is 1.79. The van der Waals surface area contributed by atoms with Crippen LogP contribution in [0.4, 0.5) is 5.95 Å². The summed E-state index contributed by atoms with van der Waals surface area (Å²) in [6, 6.07) is -0.237. The van der Waals surface area contributed by atoms with E-state index in [2.05, 4.69) is 20.5 Å². The van der Waals surface area contributed by atoms with E-state index in [0.717, 1.165) is 24.2 Å². The molecular weight excluding hydrogens is 252 g/mol. The van der Waals surface area contributed by atoms with Crippen molar-refractivity contribution in [1.82, 2.24) is 15.2 Å². The van der Waals surface area contributed by atoms with Crippen LogP contribution in [0.5, 0.6) is 0 Å². The topological polar surface area (TPSA) is 84.8 Å². The maximum Gasteiger partial charge on any atom is 0.243 e. The second-order valence-corrected chi connectivity index (χ2v) is 6.56. The molecule has 0 amide bonds. The van der Waals surface area contributed by atoms with Crippen molar-refractivity contribution in [2.24, 2.45) is 0 Å². The third kappa shape index (κ3) is 4.56. The van der Waals surface area contributed by atoms with Crippen LogP contribution in [-0.2, 0) is 22.7 Å². The van der Waals surface area contributed by atoms with Gasteiger partial charge in [-0.15, -0.1) is 5.10 Å². The highest BCUT2D eigenvalue weighted by Gasteiger charge is 2.13. The molecule has 0 saturated heterocycles. The molecule has 7 heteroatoms. The first-order valence-corrected chi connectivity index (χ1v) is 8.08. The van der Waals surface area contributed by atoms with Crippen LogP contribution in [0.25, 0.3) is 0 Å². The molecule has 1 heterocycles. The molecule has 6 nitrogen and oxygen atoms in total. The molecule has 0 aliphatic carbocycles. The van der Waals surface area contributed by atoms with E-state index in [1.54, 1.807) is 6.92 Å². The summed E-state index contributed by atoms with van der Waals surface area (Å²) in [7, 11) is -3.01. The van der Waals surface area contributed by atoms with E-state index in [1.807, 2.05) is 13.8 Å². The molecule has 0 radical (unpaired) electrons. The highest BCUT2D eigenvalue weighted by molar-refractivity contribution is 7.90. The average Bonchev–Trinajstić information content (AvgIpc) is 2.26. The van der Waals surface area contributed by atoms with E-state index >= 15 is 0 Å². The lowest BCUT2D eigenvalue weighted by molar-refractivity contribution is 0.597. The Morgan fingerprint density at radius 2 is 1.78 bits per heavy atom. The first kappa shape index (κ1) is 14.8. The zero-order valence-corrected chi connectivity index (χ0v) is 12.1. The highest BCUT2D eigenvalue weighted by atomic mass is 32.2. The number of aryl methyl sites for hydroxylation is 2. The lowest BCUT2D eigenvalue weighted by Gasteiger charge is -2.13. The van der Waals surface area contributed by atoms with Gasteiger partial charge in [-0.25, -0.2) is 13.4 Å². The molecule has 0 aliphatic rings. The Labute approximate surface area is 108 Å². The number of aromatic nitrogens is 3. The van der Waals surface area contributed by atoms with Gasteiger partial charge >= 0.3 is 0 Å². The normalized spacial score (nSPS) is 13.3. The molecule has 1 rings (SSSR count). The van der Waals surface area contributed by atoms with Gasteiger partial charge in [0.25, 0.3) is 0 Å². The molecule has 1 unspecified atom stereocenters. The van der Waals surface area contributed by atoms with Crippen molar-refractivity contribution in [3.05, 3.63) is 11.4 Å². The van der Waals surface area contributed by atoms with Crippen LogP contribution in [-0.4, -0.2) is 41.6 Å². The number of rotatable bonds is 6. The molecule has 0 fully saturated rings. The Bertz CT molecular complexity index is 502. The summed E-state index contributed by atoms with van der Waals surface area (Å²) < 4.78 is 22.3. The summed E-state index contributed by atoms with van der Waals surface area (Å²) >= 11 is 0. The minimum absolute atomic E-state index is 0.0490. The van der Waals surface area contributed by atoms with Gasteiger partial charge in [0.1, 0.15) is 9.84 Å². The Morgan fingerprint density at radius 3 is 2.28 bits per heavy atom. The summed E-state index contributed by atoms with van der Waals surface area (Å²) in [6.45, 7) is 5.79. The first-order valence-electron chi connectivity index (χ1n) is 6.02. The summed E-state index contributed by atoms with van der Waals surface area (Å²) in [5, 5.41) is 11.0. The third-order valence-corrected chi connectivity index (χ3v) is 3.54. The van der Waals surface area contributed by atoms with Gasteiger partial charge in [0.15, 0.2) is 0 Å². The summed E-state index contributed by atoms with van der Waals surface area (Å²) in [4.78, 5) is 4.35. The molecule has 0 aliphatic heterocycles. The molecule has 1 aromatic rings. The van der Waals surface area contributed by atoms with Crippen LogP contribution < -0.4 is 5.32 Å². The number of anilines is 1. The predicted octanol–water partition coefficient (Wildman–Crippen LogP) is 0.841. The fourth-order valence-corrected chi connectivity index (χ4v) is 2.71. The van der Waals surface area contributed by atoms with Crippen molar-refractivity contribution in [1.29, 1.82) is 0 Å². The van der Waals surface area contributed by atoms with Crippen molar-refractivity contribution in [2.45, 2.75) is 39.7 Å². The minimum atomic E-state index is -3.01. The van der Waals surface area contributed by atoms with E-state index in [0.29, 0.717) is 5.95 Å². The fraction of sp³-hybridized carbons (Fsp3) is 0.727. The maximum absolute atomic E-state index is 11.2. The van der Waals surface area contributed by atoms with E-state index in [1.165, 1.54) is 6.26 Å². The molecule has 1 aromatic heterocycles. The molecule has 0 bridgehead atoms. The average molecular weight is 272 g/mol. The fourth-order valence-electron chi connectivity index (χ4n) is 1.72. The standard InChI is InChI=1S/C11H20N4O2S/c1-5-9-10(6-2)14-15-11(13-9)12-8(3)7-18(4,16)17/h8H,5-7H2,1-4H3,(H,12,13,15). The predicted molar refractivity (Wildman–Crippen MR) is 71.4 cm³/mol. The van der Waals surface area contributed by atoms with Crippen LogP contribution in [0, 0.1) is 0 Å². The van der Waals surface area contributed by atoms with Crippen molar-refractivity contribution in [2.75, 3.05) is 17.3 Å². The number of sulfone groups is 1. The molecule has 102 valence electrons. The summed E-state index contributed by atoms with van der Waals surface area (Å²) in [5.74, 6) is 0.438. The van der Waals surface area contributed by atoms with Crippen LogP contribution in [0.1, 0.15) is 32.2 Å².